The lowest BCUT2D eigenvalue weighted by Gasteiger charge is -2.26. The van der Waals surface area contributed by atoms with Gasteiger partial charge in [0.05, 0.1) is 0 Å². The molecule has 6 nitrogen and oxygen atoms in total. The molecule has 0 unspecified atom stereocenters. The minimum atomic E-state index is -2.00. The molecule has 0 aliphatic heterocycles. The third kappa shape index (κ3) is 7.34. The first-order valence-corrected chi connectivity index (χ1v) is 12.8. The Morgan fingerprint density at radius 3 is 1.45 bits per heavy atom. The van der Waals surface area contributed by atoms with Crippen molar-refractivity contribution in [2.45, 2.75) is 24.4 Å². The van der Waals surface area contributed by atoms with Gasteiger partial charge in [-0.15, -0.1) is 0 Å². The summed E-state index contributed by atoms with van der Waals surface area (Å²) >= 11 is 0. The maximum absolute atomic E-state index is 10.8. The third-order valence-corrected chi connectivity index (χ3v) is 6.43. The molecule has 0 amide bonds. The molecule has 0 fully saturated rings. The first-order valence-electron chi connectivity index (χ1n) is 12.8. The molecule has 204 valence electrons. The molecule has 40 heavy (non-hydrogen) atoms. The molecule has 0 heterocycles. The van der Waals surface area contributed by atoms with E-state index >= 15 is 0 Å². The van der Waals surface area contributed by atoms with Crippen molar-refractivity contribution >= 4 is 24.3 Å². The van der Waals surface area contributed by atoms with E-state index in [1.54, 1.807) is 36.4 Å². The smallest absolute Gasteiger partial charge is 0.139 e. The lowest BCUT2D eigenvalue weighted by atomic mass is 9.98. The highest BCUT2D eigenvalue weighted by molar-refractivity contribution is 5.62. The van der Waals surface area contributed by atoms with Gasteiger partial charge in [-0.05, 0) is 57.0 Å². The number of aliphatic hydroxyl groups is 6. The van der Waals surface area contributed by atoms with Gasteiger partial charge in [-0.1, -0.05) is 109 Å². The van der Waals surface area contributed by atoms with Gasteiger partial charge in [0.25, 0.3) is 0 Å². The van der Waals surface area contributed by atoms with Crippen LogP contribution in [-0.4, -0.2) is 55.1 Å². The van der Waals surface area contributed by atoms with Gasteiger partial charge in [0.15, 0.2) is 0 Å². The molecule has 0 aromatic heterocycles. The molecule has 0 bridgehead atoms. The molecule has 0 spiro atoms. The number of aliphatic hydroxyl groups excluding tert-OH is 6. The highest BCUT2D eigenvalue weighted by Crippen LogP contribution is 2.17. The SMILES string of the molecule is OC(=Cc1ccccc1)[C@@H](O)[C@@H](O)[C@H](O)[C@@H](O)C(O)=Cc1cccc(=Cc2ccccc2)c1=Cc1ccccc1. The lowest BCUT2D eigenvalue weighted by molar-refractivity contribution is -0.0996. The number of benzene rings is 4. The van der Waals surface area contributed by atoms with Gasteiger partial charge in [0, 0.05) is 0 Å². The zero-order valence-electron chi connectivity index (χ0n) is 21.7. The van der Waals surface area contributed by atoms with Crippen LogP contribution in [0.1, 0.15) is 22.3 Å². The molecular weight excluding hydrogens is 504 g/mol. The van der Waals surface area contributed by atoms with Crippen LogP contribution < -0.4 is 10.4 Å². The van der Waals surface area contributed by atoms with Crippen molar-refractivity contribution in [3.8, 4) is 0 Å². The largest absolute Gasteiger partial charge is 0.509 e. The van der Waals surface area contributed by atoms with Crippen LogP contribution in [0.25, 0.3) is 24.3 Å². The topological polar surface area (TPSA) is 121 Å². The average Bonchev–Trinajstić information content (AvgIpc) is 2.98. The van der Waals surface area contributed by atoms with Crippen LogP contribution in [0.4, 0.5) is 0 Å². The molecule has 4 rings (SSSR count). The zero-order chi connectivity index (χ0) is 28.5. The van der Waals surface area contributed by atoms with Crippen molar-refractivity contribution in [2.24, 2.45) is 0 Å². The Kier molecular flexibility index (Phi) is 9.67. The summed E-state index contributed by atoms with van der Waals surface area (Å²) in [5.74, 6) is -1.22. The van der Waals surface area contributed by atoms with Gasteiger partial charge in [-0.25, -0.2) is 0 Å². The molecule has 4 aromatic rings. The Balaban J connectivity index is 1.67. The third-order valence-electron chi connectivity index (χ3n) is 6.43. The first kappa shape index (κ1) is 28.5. The Labute approximate surface area is 232 Å². The van der Waals surface area contributed by atoms with E-state index in [-0.39, 0.29) is 0 Å². The molecule has 6 N–H and O–H groups in total. The zero-order valence-corrected chi connectivity index (χ0v) is 21.7. The summed E-state index contributed by atoms with van der Waals surface area (Å²) in [4.78, 5) is 0. The van der Waals surface area contributed by atoms with Crippen LogP contribution in [0.3, 0.4) is 0 Å². The maximum Gasteiger partial charge on any atom is 0.139 e. The minimum Gasteiger partial charge on any atom is -0.509 e. The van der Waals surface area contributed by atoms with E-state index in [0.29, 0.717) is 11.1 Å². The summed E-state index contributed by atoms with van der Waals surface area (Å²) < 4.78 is 0. The fourth-order valence-electron chi connectivity index (χ4n) is 4.24. The second-order valence-corrected chi connectivity index (χ2v) is 9.38. The molecule has 0 saturated heterocycles. The van der Waals surface area contributed by atoms with Gasteiger partial charge in [0.1, 0.15) is 35.9 Å². The number of hydrogen-bond donors (Lipinski definition) is 6. The van der Waals surface area contributed by atoms with E-state index in [0.717, 1.165) is 21.6 Å². The monoisotopic (exact) mass is 536 g/mol. The van der Waals surface area contributed by atoms with Crippen molar-refractivity contribution in [1.29, 1.82) is 0 Å². The molecule has 0 saturated carbocycles. The van der Waals surface area contributed by atoms with E-state index in [1.807, 2.05) is 84.9 Å². The van der Waals surface area contributed by atoms with Gasteiger partial charge < -0.3 is 30.6 Å². The van der Waals surface area contributed by atoms with Crippen LogP contribution in [0.5, 0.6) is 0 Å². The Bertz CT molecular complexity index is 1560. The van der Waals surface area contributed by atoms with Gasteiger partial charge in [-0.2, -0.15) is 0 Å². The Hall–Kier alpha value is -4.46. The van der Waals surface area contributed by atoms with Crippen LogP contribution >= 0.6 is 0 Å². The predicted octanol–water partition coefficient (Wildman–Crippen LogP) is 3.29. The quantitative estimate of drug-likeness (QED) is 0.183. The maximum atomic E-state index is 10.8. The van der Waals surface area contributed by atoms with E-state index in [4.69, 9.17) is 0 Å². The minimum absolute atomic E-state index is 0.555. The van der Waals surface area contributed by atoms with Gasteiger partial charge >= 0.3 is 0 Å². The van der Waals surface area contributed by atoms with Crippen molar-refractivity contribution in [3.63, 3.8) is 0 Å². The second kappa shape index (κ2) is 13.6. The summed E-state index contributed by atoms with van der Waals surface area (Å²) in [6.07, 6.45) is -1.34. The normalized spacial score (nSPS) is 16.4. The highest BCUT2D eigenvalue weighted by atomic mass is 16.4. The Morgan fingerprint density at radius 2 is 0.925 bits per heavy atom. The highest BCUT2D eigenvalue weighted by Gasteiger charge is 2.34. The first-order chi connectivity index (χ1) is 19.3. The fourth-order valence-corrected chi connectivity index (χ4v) is 4.24. The van der Waals surface area contributed by atoms with Gasteiger partial charge in [-0.3, -0.25) is 0 Å². The number of rotatable bonds is 9. The van der Waals surface area contributed by atoms with Crippen molar-refractivity contribution in [3.05, 3.63) is 153 Å². The van der Waals surface area contributed by atoms with Gasteiger partial charge in [0.2, 0.25) is 0 Å². The number of hydrogen-bond acceptors (Lipinski definition) is 6. The van der Waals surface area contributed by atoms with E-state index in [2.05, 4.69) is 0 Å². The lowest BCUT2D eigenvalue weighted by Crippen LogP contribution is -2.45. The van der Waals surface area contributed by atoms with Crippen molar-refractivity contribution in [2.75, 3.05) is 0 Å². The van der Waals surface area contributed by atoms with E-state index in [9.17, 15) is 30.6 Å². The standard InChI is InChI=1S/C34H32O6/c35-29(21-25-15-8-3-9-16-25)31(37)33(39)34(40)32(38)30(36)22-27-18-10-17-26(19-23-11-4-1-5-12-23)28(27)20-24-13-6-2-7-14-24/h1-22,31-40H/t31-,32+,33-,34-/m1/s1. The summed E-state index contributed by atoms with van der Waals surface area (Å²) in [6.45, 7) is 0. The second-order valence-electron chi connectivity index (χ2n) is 9.38. The summed E-state index contributed by atoms with van der Waals surface area (Å²) in [5, 5.41) is 64.7. The van der Waals surface area contributed by atoms with Crippen LogP contribution in [0.15, 0.2) is 121 Å². The van der Waals surface area contributed by atoms with E-state index in [1.165, 1.54) is 12.2 Å². The van der Waals surface area contributed by atoms with Crippen molar-refractivity contribution in [1.82, 2.24) is 0 Å². The predicted molar refractivity (Wildman–Crippen MR) is 157 cm³/mol. The molecule has 4 atom stereocenters. The summed E-state index contributed by atoms with van der Waals surface area (Å²) in [5.41, 5.74) is 3.02. The van der Waals surface area contributed by atoms with Crippen LogP contribution in [0.2, 0.25) is 0 Å². The molecule has 4 aromatic carbocycles. The average molecular weight is 537 g/mol. The fraction of sp³-hybridized carbons (Fsp3) is 0.118. The van der Waals surface area contributed by atoms with Crippen molar-refractivity contribution < 1.29 is 30.6 Å². The summed E-state index contributed by atoms with van der Waals surface area (Å²) in [6, 6.07) is 33.5. The molecule has 0 aliphatic rings. The van der Waals surface area contributed by atoms with Crippen LogP contribution in [-0.2, 0) is 0 Å². The molecule has 0 aliphatic carbocycles. The molecule has 0 radical (unpaired) electrons. The Morgan fingerprint density at radius 1 is 0.475 bits per heavy atom. The molecular formula is C34H32O6. The van der Waals surface area contributed by atoms with Crippen LogP contribution in [0, 0.1) is 0 Å². The van der Waals surface area contributed by atoms with E-state index < -0.39 is 35.9 Å². The summed E-state index contributed by atoms with van der Waals surface area (Å²) in [7, 11) is 0. The molecule has 6 heteroatoms.